The van der Waals surface area contributed by atoms with Crippen molar-refractivity contribution in [2.75, 3.05) is 17.2 Å². The molecule has 0 aliphatic rings. The van der Waals surface area contributed by atoms with Gasteiger partial charge in [0, 0.05) is 11.3 Å². The molecule has 0 fully saturated rings. The number of anilines is 2. The van der Waals surface area contributed by atoms with E-state index in [9.17, 15) is 22.8 Å². The van der Waals surface area contributed by atoms with Gasteiger partial charge < -0.3 is 16.0 Å². The van der Waals surface area contributed by atoms with Crippen molar-refractivity contribution in [1.82, 2.24) is 15.1 Å². The SMILES string of the molecule is C#Cc1cccc(NC(=O)CNC(=O)Nc2cnn(-c3cccc(C(F)(F)F)c3)c2)c1. The second kappa shape index (κ2) is 9.04. The lowest BCUT2D eigenvalue weighted by Crippen LogP contribution is -2.35. The smallest absolute Gasteiger partial charge is 0.329 e. The molecular weight excluding hydrogens is 411 g/mol. The van der Waals surface area contributed by atoms with Gasteiger partial charge in [0.1, 0.15) is 0 Å². The molecule has 10 heteroatoms. The van der Waals surface area contributed by atoms with Crippen molar-refractivity contribution in [1.29, 1.82) is 0 Å². The van der Waals surface area contributed by atoms with Crippen molar-refractivity contribution < 1.29 is 22.8 Å². The molecule has 31 heavy (non-hydrogen) atoms. The summed E-state index contributed by atoms with van der Waals surface area (Å²) in [6, 6.07) is 10.6. The zero-order valence-corrected chi connectivity index (χ0v) is 15.9. The Morgan fingerprint density at radius 2 is 1.84 bits per heavy atom. The van der Waals surface area contributed by atoms with Crippen LogP contribution in [0.2, 0.25) is 0 Å². The standard InChI is InChI=1S/C21H16F3N5O2/c1-2-14-5-3-7-16(9-14)27-19(30)12-25-20(31)28-17-11-26-29(13-17)18-8-4-6-15(10-18)21(22,23)24/h1,3-11,13H,12H2,(H,27,30)(H2,25,28,31). The molecule has 0 spiro atoms. The minimum absolute atomic E-state index is 0.178. The molecule has 0 unspecified atom stereocenters. The number of terminal acetylenes is 1. The number of amides is 3. The highest BCUT2D eigenvalue weighted by Crippen LogP contribution is 2.30. The van der Waals surface area contributed by atoms with Gasteiger partial charge in [0.2, 0.25) is 5.91 Å². The summed E-state index contributed by atoms with van der Waals surface area (Å²) in [5.74, 6) is 1.98. The van der Waals surface area contributed by atoms with Crippen LogP contribution >= 0.6 is 0 Å². The Bertz CT molecular complexity index is 1150. The van der Waals surface area contributed by atoms with Crippen LogP contribution in [0.25, 0.3) is 5.69 Å². The third-order valence-electron chi connectivity index (χ3n) is 4.00. The van der Waals surface area contributed by atoms with Crippen LogP contribution in [0.5, 0.6) is 0 Å². The Hall–Kier alpha value is -4.26. The minimum Gasteiger partial charge on any atom is -0.329 e. The maximum atomic E-state index is 12.9. The van der Waals surface area contributed by atoms with Crippen LogP contribution in [0.1, 0.15) is 11.1 Å². The van der Waals surface area contributed by atoms with E-state index >= 15 is 0 Å². The van der Waals surface area contributed by atoms with Gasteiger partial charge in [0.05, 0.1) is 35.9 Å². The van der Waals surface area contributed by atoms with Crippen LogP contribution < -0.4 is 16.0 Å². The Labute approximate surface area is 175 Å². The lowest BCUT2D eigenvalue weighted by molar-refractivity contribution is -0.137. The number of urea groups is 1. The molecule has 0 saturated carbocycles. The predicted octanol–water partition coefficient (Wildman–Crippen LogP) is 3.63. The molecule has 1 heterocycles. The van der Waals surface area contributed by atoms with Crippen LogP contribution in [0.4, 0.5) is 29.3 Å². The van der Waals surface area contributed by atoms with Gasteiger partial charge in [-0.15, -0.1) is 6.42 Å². The van der Waals surface area contributed by atoms with Gasteiger partial charge in [0.25, 0.3) is 0 Å². The van der Waals surface area contributed by atoms with E-state index in [0.717, 1.165) is 12.1 Å². The zero-order chi connectivity index (χ0) is 22.4. The Morgan fingerprint density at radius 3 is 2.58 bits per heavy atom. The average Bonchev–Trinajstić information content (AvgIpc) is 3.20. The molecule has 3 rings (SSSR count). The van der Waals surface area contributed by atoms with E-state index in [1.807, 2.05) is 0 Å². The molecule has 158 valence electrons. The largest absolute Gasteiger partial charge is 0.416 e. The normalized spacial score (nSPS) is 10.8. The van der Waals surface area contributed by atoms with E-state index < -0.39 is 23.7 Å². The first-order chi connectivity index (χ1) is 14.7. The number of hydrogen-bond acceptors (Lipinski definition) is 3. The topological polar surface area (TPSA) is 88.1 Å². The lowest BCUT2D eigenvalue weighted by Gasteiger charge is -2.09. The van der Waals surface area contributed by atoms with Crippen molar-refractivity contribution in [3.8, 4) is 18.0 Å². The van der Waals surface area contributed by atoms with E-state index in [0.29, 0.717) is 11.3 Å². The summed E-state index contributed by atoms with van der Waals surface area (Å²) in [7, 11) is 0. The van der Waals surface area contributed by atoms with Crippen molar-refractivity contribution in [3.63, 3.8) is 0 Å². The molecule has 3 aromatic rings. The minimum atomic E-state index is -4.48. The van der Waals surface area contributed by atoms with Crippen molar-refractivity contribution >= 4 is 23.3 Å². The van der Waals surface area contributed by atoms with Crippen molar-refractivity contribution in [2.24, 2.45) is 0 Å². The number of hydrogen-bond donors (Lipinski definition) is 3. The van der Waals surface area contributed by atoms with Gasteiger partial charge in [-0.1, -0.05) is 18.1 Å². The van der Waals surface area contributed by atoms with Gasteiger partial charge in [-0.05, 0) is 36.4 Å². The summed E-state index contributed by atoms with van der Waals surface area (Å²) in [6.07, 6.45) is 3.44. The van der Waals surface area contributed by atoms with Gasteiger partial charge in [-0.2, -0.15) is 18.3 Å². The highest BCUT2D eigenvalue weighted by atomic mass is 19.4. The Morgan fingerprint density at radius 1 is 1.06 bits per heavy atom. The van der Waals surface area contributed by atoms with Crippen molar-refractivity contribution in [2.45, 2.75) is 6.18 Å². The molecule has 0 aliphatic heterocycles. The third kappa shape index (κ3) is 5.86. The van der Waals surface area contributed by atoms with Crippen LogP contribution in [0, 0.1) is 12.3 Å². The van der Waals surface area contributed by atoms with E-state index in [-0.39, 0.29) is 17.9 Å². The Balaban J connectivity index is 1.54. The number of aromatic nitrogens is 2. The van der Waals surface area contributed by atoms with Crippen LogP contribution in [0.15, 0.2) is 60.9 Å². The lowest BCUT2D eigenvalue weighted by atomic mass is 10.2. The molecule has 1 aromatic heterocycles. The van der Waals surface area contributed by atoms with E-state index in [4.69, 9.17) is 6.42 Å². The van der Waals surface area contributed by atoms with Gasteiger partial charge in [-0.25, -0.2) is 9.48 Å². The highest BCUT2D eigenvalue weighted by Gasteiger charge is 2.30. The monoisotopic (exact) mass is 427 g/mol. The molecule has 0 aliphatic carbocycles. The first kappa shape index (κ1) is 21.4. The fraction of sp³-hybridized carbons (Fsp3) is 0.0952. The summed E-state index contributed by atoms with van der Waals surface area (Å²) >= 11 is 0. The maximum absolute atomic E-state index is 12.9. The van der Waals surface area contributed by atoms with Crippen LogP contribution in [-0.4, -0.2) is 28.3 Å². The fourth-order valence-corrected chi connectivity index (χ4v) is 2.58. The summed E-state index contributed by atoms with van der Waals surface area (Å²) in [5.41, 5.74) is 0.687. The predicted molar refractivity (Wildman–Crippen MR) is 109 cm³/mol. The number of rotatable bonds is 5. The summed E-state index contributed by atoms with van der Waals surface area (Å²) in [6.45, 7) is -0.312. The molecule has 3 amide bonds. The first-order valence-electron chi connectivity index (χ1n) is 8.88. The van der Waals surface area contributed by atoms with Crippen molar-refractivity contribution in [3.05, 3.63) is 72.1 Å². The van der Waals surface area contributed by atoms with Crippen LogP contribution in [0.3, 0.4) is 0 Å². The van der Waals surface area contributed by atoms with E-state index in [2.05, 4.69) is 27.0 Å². The van der Waals surface area contributed by atoms with Crippen LogP contribution in [-0.2, 0) is 11.0 Å². The fourth-order valence-electron chi connectivity index (χ4n) is 2.58. The van der Waals surface area contributed by atoms with E-state index in [1.54, 1.807) is 24.3 Å². The Kier molecular flexibility index (Phi) is 6.26. The molecule has 0 atom stereocenters. The molecule has 7 nitrogen and oxygen atoms in total. The average molecular weight is 427 g/mol. The molecular formula is C21H16F3N5O2. The molecule has 0 bridgehead atoms. The number of carbonyl (C=O) groups excluding carboxylic acids is 2. The molecule has 0 radical (unpaired) electrons. The number of nitrogens with zero attached hydrogens (tertiary/aromatic N) is 2. The number of alkyl halides is 3. The first-order valence-corrected chi connectivity index (χ1v) is 8.88. The number of carbonyl (C=O) groups is 2. The summed E-state index contributed by atoms with van der Waals surface area (Å²) in [5, 5.41) is 11.4. The maximum Gasteiger partial charge on any atom is 0.416 e. The summed E-state index contributed by atoms with van der Waals surface area (Å²) < 4.78 is 39.7. The summed E-state index contributed by atoms with van der Waals surface area (Å²) in [4.78, 5) is 23.9. The number of halogens is 3. The second-order valence-corrected chi connectivity index (χ2v) is 6.30. The van der Waals surface area contributed by atoms with Gasteiger partial charge >= 0.3 is 12.2 Å². The van der Waals surface area contributed by atoms with Gasteiger partial charge in [-0.3, -0.25) is 4.79 Å². The quantitative estimate of drug-likeness (QED) is 0.544. The molecule has 2 aromatic carbocycles. The third-order valence-corrected chi connectivity index (χ3v) is 4.00. The second-order valence-electron chi connectivity index (χ2n) is 6.30. The van der Waals surface area contributed by atoms with Gasteiger partial charge in [0.15, 0.2) is 0 Å². The molecule has 0 saturated heterocycles. The van der Waals surface area contributed by atoms with E-state index in [1.165, 1.54) is 29.2 Å². The number of benzene rings is 2. The molecule has 3 N–H and O–H groups in total. The zero-order valence-electron chi connectivity index (χ0n) is 15.9. The highest BCUT2D eigenvalue weighted by molar-refractivity contribution is 5.96. The number of nitrogens with one attached hydrogen (secondary N) is 3.